The summed E-state index contributed by atoms with van der Waals surface area (Å²) in [5.74, 6) is 0.191. The van der Waals surface area contributed by atoms with Crippen molar-refractivity contribution in [2.45, 2.75) is 38.3 Å². The van der Waals surface area contributed by atoms with E-state index >= 15 is 0 Å². The van der Waals surface area contributed by atoms with Crippen LogP contribution in [0.2, 0.25) is 1.41 Å². The summed E-state index contributed by atoms with van der Waals surface area (Å²) in [6.45, 7) is 5.64. The van der Waals surface area contributed by atoms with E-state index in [9.17, 15) is 9.59 Å². The quantitative estimate of drug-likeness (QED) is 0.712. The van der Waals surface area contributed by atoms with Crippen molar-refractivity contribution in [3.05, 3.63) is 33.1 Å². The van der Waals surface area contributed by atoms with Crippen LogP contribution in [0.3, 0.4) is 0 Å². The lowest BCUT2D eigenvalue weighted by molar-refractivity contribution is 0.170. The molecular weight excluding hydrogens is 244 g/mol. The van der Waals surface area contributed by atoms with Crippen molar-refractivity contribution in [2.75, 3.05) is 13.1 Å². The Labute approximate surface area is 112 Å². The predicted octanol–water partition coefficient (Wildman–Crippen LogP) is 0.184. The lowest BCUT2D eigenvalue weighted by Gasteiger charge is -2.41. The molecule has 0 amide bonds. The van der Waals surface area contributed by atoms with Crippen LogP contribution in [0.15, 0.2) is 21.7 Å². The Morgan fingerprint density at radius 1 is 1.37 bits per heavy atom. The molecule has 6 nitrogen and oxygen atoms in total. The average molecular weight is 266 g/mol. The maximum absolute atomic E-state index is 12.3. The first kappa shape index (κ1) is 11.3. The predicted molar refractivity (Wildman–Crippen MR) is 72.4 cm³/mol. The van der Waals surface area contributed by atoms with E-state index in [-0.39, 0.29) is 12.0 Å². The first-order valence-corrected chi connectivity index (χ1v) is 6.84. The van der Waals surface area contributed by atoms with Crippen molar-refractivity contribution < 1.29 is 1.41 Å². The average Bonchev–Trinajstić information content (AvgIpc) is 2.66. The van der Waals surface area contributed by atoms with Gasteiger partial charge in [0.1, 0.15) is 0 Å². The van der Waals surface area contributed by atoms with Gasteiger partial charge in [-0.05, 0) is 31.8 Å². The van der Waals surface area contributed by atoms with Gasteiger partial charge in [-0.1, -0.05) is 26.0 Å². The summed E-state index contributed by atoms with van der Waals surface area (Å²) in [6.07, 6.45) is 5.62. The molecule has 2 aliphatic heterocycles. The third kappa shape index (κ3) is 1.74. The highest BCUT2D eigenvalue weighted by Gasteiger charge is 2.40. The Morgan fingerprint density at radius 3 is 2.68 bits per heavy atom. The molecule has 3 rings (SSSR count). The van der Waals surface area contributed by atoms with E-state index in [0.29, 0.717) is 4.98 Å². The fourth-order valence-corrected chi connectivity index (χ4v) is 3.20. The Kier molecular flexibility index (Phi) is 2.51. The SMILES string of the molecule is [3H]n1c(=O)n2n(c1=O)C1(C=CC2C(C)C)CCNCC1. The summed E-state index contributed by atoms with van der Waals surface area (Å²) in [5, 5.41) is 3.27. The van der Waals surface area contributed by atoms with E-state index in [4.69, 9.17) is 1.41 Å². The van der Waals surface area contributed by atoms with Gasteiger partial charge in [0.15, 0.2) is 1.41 Å². The summed E-state index contributed by atoms with van der Waals surface area (Å²) in [5.41, 5.74) is -1.54. The fraction of sp³-hybridized carbons (Fsp3) is 0.692. The Hall–Kier alpha value is -1.56. The second-order valence-electron chi connectivity index (χ2n) is 5.78. The molecule has 1 aromatic heterocycles. The number of allylic oxidation sites excluding steroid dienone is 2. The zero-order valence-electron chi connectivity index (χ0n) is 12.3. The summed E-state index contributed by atoms with van der Waals surface area (Å²) < 4.78 is 10.7. The highest BCUT2D eigenvalue weighted by Crippen LogP contribution is 2.34. The number of aromatic nitrogens is 3. The number of aromatic amines is 1. The number of fused-ring (bicyclic) bond motifs is 2. The summed E-state index contributed by atoms with van der Waals surface area (Å²) in [4.78, 5) is 25.1. The molecule has 1 saturated heterocycles. The lowest BCUT2D eigenvalue weighted by atomic mass is 9.85. The fourth-order valence-electron chi connectivity index (χ4n) is 3.20. The van der Waals surface area contributed by atoms with E-state index in [1.165, 1.54) is 9.36 Å². The van der Waals surface area contributed by atoms with Crippen LogP contribution >= 0.6 is 0 Å². The number of piperidine rings is 1. The maximum atomic E-state index is 12.3. The standard InChI is InChI=1S/C13H20N4O2/c1-9(2)10-3-4-13(5-7-14-8-6-13)17-12(19)15-11(18)16(10)17/h3-4,9-10,14H,5-8H2,1-2H3,(H,15,18,19)/i/hT. The summed E-state index contributed by atoms with van der Waals surface area (Å²) in [7, 11) is 0. The first-order valence-electron chi connectivity index (χ1n) is 7.29. The molecule has 1 spiro atoms. The van der Waals surface area contributed by atoms with Crippen LogP contribution in [0.25, 0.3) is 0 Å². The van der Waals surface area contributed by atoms with Crippen molar-refractivity contribution in [3.8, 4) is 0 Å². The van der Waals surface area contributed by atoms with Gasteiger partial charge < -0.3 is 5.32 Å². The normalized spacial score (nSPS) is 25.6. The van der Waals surface area contributed by atoms with Crippen LogP contribution in [0, 0.1) is 5.92 Å². The van der Waals surface area contributed by atoms with Crippen molar-refractivity contribution in [1.29, 1.82) is 0 Å². The Balaban J connectivity index is 2.27. The van der Waals surface area contributed by atoms with E-state index < -0.39 is 16.9 Å². The van der Waals surface area contributed by atoms with Crippen LogP contribution in [0.5, 0.6) is 0 Å². The molecule has 0 aromatic carbocycles. The van der Waals surface area contributed by atoms with Crippen molar-refractivity contribution in [2.24, 2.45) is 5.92 Å². The number of hydrogen-bond donors (Lipinski definition) is 2. The number of nitrogens with zero attached hydrogens (tertiary/aromatic N) is 2. The number of hydrogen-bond acceptors (Lipinski definition) is 3. The molecule has 0 bridgehead atoms. The molecule has 0 radical (unpaired) electrons. The molecule has 0 aliphatic carbocycles. The van der Waals surface area contributed by atoms with E-state index in [1.807, 2.05) is 19.9 Å². The minimum absolute atomic E-state index is 0.165. The Morgan fingerprint density at radius 2 is 2.05 bits per heavy atom. The molecule has 1 unspecified atom stereocenters. The molecule has 2 N–H and O–H groups in total. The second-order valence-corrected chi connectivity index (χ2v) is 5.78. The Bertz CT molecular complexity index is 661. The van der Waals surface area contributed by atoms with Gasteiger partial charge in [-0.25, -0.2) is 19.0 Å². The molecule has 3 heterocycles. The van der Waals surface area contributed by atoms with E-state index in [0.717, 1.165) is 25.9 Å². The van der Waals surface area contributed by atoms with Crippen LogP contribution < -0.4 is 16.7 Å². The van der Waals surface area contributed by atoms with Gasteiger partial charge in [-0.3, -0.25) is 4.98 Å². The molecule has 2 aliphatic rings. The molecule has 1 fully saturated rings. The maximum Gasteiger partial charge on any atom is 0.345 e. The van der Waals surface area contributed by atoms with Gasteiger partial charge in [-0.15, -0.1) is 0 Å². The third-order valence-corrected chi connectivity index (χ3v) is 4.24. The van der Waals surface area contributed by atoms with Crippen molar-refractivity contribution in [1.82, 2.24) is 19.7 Å². The van der Waals surface area contributed by atoms with Crippen molar-refractivity contribution >= 4 is 0 Å². The van der Waals surface area contributed by atoms with Gasteiger partial charge >= 0.3 is 11.4 Å². The monoisotopic (exact) mass is 266 g/mol. The van der Waals surface area contributed by atoms with Gasteiger partial charge in [0.25, 0.3) is 0 Å². The molecule has 1 atom stereocenters. The second kappa shape index (κ2) is 4.23. The van der Waals surface area contributed by atoms with Crippen molar-refractivity contribution in [3.63, 3.8) is 0 Å². The number of H-pyrrole nitrogens is 1. The minimum Gasteiger partial charge on any atom is -0.317 e. The summed E-state index contributed by atoms with van der Waals surface area (Å²) >= 11 is 0. The highest BCUT2D eigenvalue weighted by molar-refractivity contribution is 5.13. The topological polar surface area (TPSA) is 71.8 Å². The molecule has 1 aromatic rings. The summed E-state index contributed by atoms with van der Waals surface area (Å²) in [6, 6.07) is -0.165. The third-order valence-electron chi connectivity index (χ3n) is 4.24. The molecule has 6 heteroatoms. The van der Waals surface area contributed by atoms with Crippen LogP contribution in [0.4, 0.5) is 0 Å². The van der Waals surface area contributed by atoms with E-state index in [1.54, 1.807) is 0 Å². The van der Waals surface area contributed by atoms with Gasteiger partial charge in [0, 0.05) is 0 Å². The number of nitrogens with one attached hydrogen (secondary N) is 2. The largest absolute Gasteiger partial charge is 0.345 e. The highest BCUT2D eigenvalue weighted by atomic mass is 16.2. The van der Waals surface area contributed by atoms with E-state index in [2.05, 4.69) is 11.4 Å². The zero-order valence-corrected chi connectivity index (χ0v) is 11.3. The smallest absolute Gasteiger partial charge is 0.317 e. The zero-order chi connectivity index (χ0) is 14.5. The van der Waals surface area contributed by atoms with Crippen LogP contribution in [-0.2, 0) is 5.54 Å². The number of rotatable bonds is 1. The molecular formula is C13H20N4O2. The van der Waals surface area contributed by atoms with Crippen LogP contribution in [-0.4, -0.2) is 27.4 Å². The van der Waals surface area contributed by atoms with Gasteiger partial charge in [-0.2, -0.15) is 0 Å². The molecule has 0 saturated carbocycles. The lowest BCUT2D eigenvalue weighted by Crippen LogP contribution is -2.52. The van der Waals surface area contributed by atoms with Gasteiger partial charge in [0.05, 0.1) is 11.6 Å². The molecule has 104 valence electrons. The van der Waals surface area contributed by atoms with Gasteiger partial charge in [0.2, 0.25) is 0 Å². The minimum atomic E-state index is -0.545. The molecule has 19 heavy (non-hydrogen) atoms. The van der Waals surface area contributed by atoms with Crippen LogP contribution in [0.1, 0.15) is 32.7 Å². The first-order chi connectivity index (χ1) is 9.48.